The highest BCUT2D eigenvalue weighted by Crippen LogP contribution is 2.36. The molecule has 7 heteroatoms. The number of esters is 2. The number of rotatable bonds is 4. The topological polar surface area (TPSA) is 61.8 Å². The minimum atomic E-state index is -1.28. The highest BCUT2D eigenvalue weighted by molar-refractivity contribution is 9.11. The third-order valence-corrected chi connectivity index (χ3v) is 4.73. The van der Waals surface area contributed by atoms with Crippen molar-refractivity contribution >= 4 is 49.9 Å². The van der Waals surface area contributed by atoms with Crippen LogP contribution in [0.5, 0.6) is 5.75 Å². The van der Waals surface area contributed by atoms with Crippen LogP contribution in [0.25, 0.3) is 6.08 Å². The van der Waals surface area contributed by atoms with Crippen LogP contribution >= 0.6 is 31.9 Å². The maximum atomic E-state index is 12.2. The van der Waals surface area contributed by atoms with Crippen LogP contribution in [0.4, 0.5) is 0 Å². The van der Waals surface area contributed by atoms with Gasteiger partial charge in [0.15, 0.2) is 0 Å². The van der Waals surface area contributed by atoms with E-state index in [0.717, 1.165) is 10.0 Å². The quantitative estimate of drug-likeness (QED) is 0.339. The second kappa shape index (κ2) is 7.86. The molecule has 1 fully saturated rings. The van der Waals surface area contributed by atoms with E-state index in [0.29, 0.717) is 22.4 Å². The Hall–Kier alpha value is -2.12. The normalized spacial score (nSPS) is 15.8. The van der Waals surface area contributed by atoms with E-state index in [1.54, 1.807) is 6.07 Å². The zero-order valence-corrected chi connectivity index (χ0v) is 17.8. The van der Waals surface area contributed by atoms with Crippen LogP contribution < -0.4 is 4.74 Å². The van der Waals surface area contributed by atoms with Gasteiger partial charge >= 0.3 is 11.9 Å². The second-order valence-corrected chi connectivity index (χ2v) is 8.09. The molecule has 1 heterocycles. The molecule has 3 rings (SSSR count). The fraction of sp³-hybridized carbons (Fsp3) is 0.200. The van der Waals surface area contributed by atoms with E-state index in [-0.39, 0.29) is 5.57 Å². The van der Waals surface area contributed by atoms with Crippen molar-refractivity contribution in [1.29, 1.82) is 0 Å². The van der Waals surface area contributed by atoms with E-state index < -0.39 is 17.7 Å². The summed E-state index contributed by atoms with van der Waals surface area (Å²) in [5.41, 5.74) is 1.34. The molecular formula is C20H16Br2O5. The lowest BCUT2D eigenvalue weighted by Crippen LogP contribution is -2.41. The largest absolute Gasteiger partial charge is 0.487 e. The van der Waals surface area contributed by atoms with Gasteiger partial charge in [0.2, 0.25) is 0 Å². The minimum Gasteiger partial charge on any atom is -0.487 e. The van der Waals surface area contributed by atoms with Crippen molar-refractivity contribution in [2.24, 2.45) is 0 Å². The van der Waals surface area contributed by atoms with Crippen LogP contribution in [0.3, 0.4) is 0 Å². The molecule has 1 aliphatic rings. The summed E-state index contributed by atoms with van der Waals surface area (Å²) in [5.74, 6) is -2.25. The Labute approximate surface area is 173 Å². The Morgan fingerprint density at radius 3 is 2.30 bits per heavy atom. The van der Waals surface area contributed by atoms with Crippen molar-refractivity contribution in [3.05, 3.63) is 68.1 Å². The number of cyclic esters (lactones) is 2. The van der Waals surface area contributed by atoms with Crippen LogP contribution in [-0.2, 0) is 25.7 Å². The summed E-state index contributed by atoms with van der Waals surface area (Å²) < 4.78 is 17.7. The summed E-state index contributed by atoms with van der Waals surface area (Å²) in [6.45, 7) is 3.34. The molecule has 0 aromatic heterocycles. The number of benzene rings is 2. The fourth-order valence-electron chi connectivity index (χ4n) is 2.50. The van der Waals surface area contributed by atoms with Crippen molar-refractivity contribution in [3.8, 4) is 5.75 Å². The number of hydrogen-bond donors (Lipinski definition) is 0. The van der Waals surface area contributed by atoms with Crippen LogP contribution in [0.15, 0.2) is 57.0 Å². The molecule has 2 aromatic carbocycles. The molecule has 5 nitrogen and oxygen atoms in total. The van der Waals surface area contributed by atoms with Gasteiger partial charge in [-0.1, -0.05) is 46.3 Å². The molecule has 140 valence electrons. The first kappa shape index (κ1) is 19.6. The zero-order valence-electron chi connectivity index (χ0n) is 14.6. The van der Waals surface area contributed by atoms with Crippen molar-refractivity contribution in [3.63, 3.8) is 0 Å². The molecule has 0 spiro atoms. The predicted molar refractivity (Wildman–Crippen MR) is 107 cm³/mol. The highest BCUT2D eigenvalue weighted by atomic mass is 79.9. The van der Waals surface area contributed by atoms with Gasteiger partial charge in [-0.2, -0.15) is 0 Å². The molecule has 0 aliphatic carbocycles. The van der Waals surface area contributed by atoms with Crippen molar-refractivity contribution in [1.82, 2.24) is 0 Å². The number of carbonyl (C=O) groups excluding carboxylic acids is 2. The molecular weight excluding hydrogens is 480 g/mol. The fourth-order valence-corrected chi connectivity index (χ4v) is 3.88. The maximum absolute atomic E-state index is 12.2. The third-order valence-electron chi connectivity index (χ3n) is 3.68. The van der Waals surface area contributed by atoms with E-state index in [4.69, 9.17) is 14.2 Å². The van der Waals surface area contributed by atoms with Gasteiger partial charge in [-0.3, -0.25) is 0 Å². The Kier molecular flexibility index (Phi) is 5.72. The van der Waals surface area contributed by atoms with Gasteiger partial charge < -0.3 is 14.2 Å². The van der Waals surface area contributed by atoms with E-state index in [1.165, 1.54) is 19.9 Å². The van der Waals surface area contributed by atoms with Gasteiger partial charge in [0.1, 0.15) is 17.9 Å². The summed E-state index contributed by atoms with van der Waals surface area (Å²) in [7, 11) is 0. The minimum absolute atomic E-state index is 0.191. The molecule has 0 saturated carbocycles. The second-order valence-electron chi connectivity index (χ2n) is 6.32. The van der Waals surface area contributed by atoms with Gasteiger partial charge in [-0.15, -0.1) is 0 Å². The molecule has 0 radical (unpaired) electrons. The number of halogens is 2. The van der Waals surface area contributed by atoms with Gasteiger partial charge in [0.25, 0.3) is 5.79 Å². The Morgan fingerprint density at radius 1 is 1.04 bits per heavy atom. The average Bonchev–Trinajstić information content (AvgIpc) is 2.57. The van der Waals surface area contributed by atoms with Gasteiger partial charge in [0, 0.05) is 23.9 Å². The molecule has 0 atom stereocenters. The van der Waals surface area contributed by atoms with Gasteiger partial charge in [0.05, 0.1) is 4.47 Å². The molecule has 2 aromatic rings. The molecule has 0 bridgehead atoms. The maximum Gasteiger partial charge on any atom is 0.348 e. The molecule has 0 amide bonds. The summed E-state index contributed by atoms with van der Waals surface area (Å²) in [6.07, 6.45) is 1.41. The predicted octanol–water partition coefficient (Wildman–Crippen LogP) is 5.01. The van der Waals surface area contributed by atoms with Crippen LogP contribution in [0, 0.1) is 0 Å². The first-order valence-electron chi connectivity index (χ1n) is 8.09. The zero-order chi connectivity index (χ0) is 19.6. The van der Waals surface area contributed by atoms with E-state index in [9.17, 15) is 9.59 Å². The lowest BCUT2D eigenvalue weighted by Gasteiger charge is -2.29. The first-order valence-corrected chi connectivity index (χ1v) is 9.68. The van der Waals surface area contributed by atoms with E-state index in [2.05, 4.69) is 31.9 Å². The summed E-state index contributed by atoms with van der Waals surface area (Å²) in [4.78, 5) is 24.5. The standard InChI is InChI=1S/C20H16Br2O5/c1-20(2)26-18(23)15(19(24)27-20)9-13-8-14(21)10-16(22)17(13)25-11-12-6-4-3-5-7-12/h3-10H,11H2,1-2H3. The number of hydrogen-bond acceptors (Lipinski definition) is 5. The summed E-state index contributed by atoms with van der Waals surface area (Å²) in [6, 6.07) is 13.2. The van der Waals surface area contributed by atoms with Crippen LogP contribution in [0.1, 0.15) is 25.0 Å². The lowest BCUT2D eigenvalue weighted by molar-refractivity contribution is -0.222. The van der Waals surface area contributed by atoms with Crippen molar-refractivity contribution < 1.29 is 23.8 Å². The average molecular weight is 496 g/mol. The van der Waals surface area contributed by atoms with Gasteiger partial charge in [-0.05, 0) is 39.7 Å². The Morgan fingerprint density at radius 2 is 1.67 bits per heavy atom. The van der Waals surface area contributed by atoms with Gasteiger partial charge in [-0.25, -0.2) is 9.59 Å². The number of ether oxygens (including phenoxy) is 3. The Bertz CT molecular complexity index is 897. The summed E-state index contributed by atoms with van der Waals surface area (Å²) in [5, 5.41) is 0. The summed E-state index contributed by atoms with van der Waals surface area (Å²) >= 11 is 6.88. The molecule has 0 unspecified atom stereocenters. The van der Waals surface area contributed by atoms with Crippen molar-refractivity contribution in [2.75, 3.05) is 0 Å². The van der Waals surface area contributed by atoms with E-state index in [1.807, 2.05) is 36.4 Å². The smallest absolute Gasteiger partial charge is 0.348 e. The molecule has 1 saturated heterocycles. The third kappa shape index (κ3) is 4.78. The highest BCUT2D eigenvalue weighted by Gasteiger charge is 2.39. The van der Waals surface area contributed by atoms with Crippen LogP contribution in [-0.4, -0.2) is 17.7 Å². The number of carbonyl (C=O) groups is 2. The molecule has 27 heavy (non-hydrogen) atoms. The molecule has 0 N–H and O–H groups in total. The van der Waals surface area contributed by atoms with Crippen molar-refractivity contribution in [2.45, 2.75) is 26.2 Å². The van der Waals surface area contributed by atoms with Crippen LogP contribution in [0.2, 0.25) is 0 Å². The van der Waals surface area contributed by atoms with E-state index >= 15 is 0 Å². The lowest BCUT2D eigenvalue weighted by atomic mass is 10.1. The SMILES string of the molecule is CC1(C)OC(=O)C(=Cc2cc(Br)cc(Br)c2OCc2ccccc2)C(=O)O1. The monoisotopic (exact) mass is 494 g/mol. The molecule has 1 aliphatic heterocycles. The first-order chi connectivity index (χ1) is 12.7. The Balaban J connectivity index is 1.95.